The van der Waals surface area contributed by atoms with Gasteiger partial charge in [0, 0.05) is 19.7 Å². The summed E-state index contributed by atoms with van der Waals surface area (Å²) < 4.78 is 58.8. The maximum atomic E-state index is 13.6. The lowest BCUT2D eigenvalue weighted by atomic mass is 10.1. The van der Waals surface area contributed by atoms with Gasteiger partial charge in [0.05, 0.1) is 6.10 Å². The number of rotatable bonds is 3. The SMILES string of the molecule is CCOC1CCCN(c2c(F)c(F)nc(F)c2F)C1. The molecule has 1 aromatic rings. The van der Waals surface area contributed by atoms with Gasteiger partial charge in [-0.25, -0.2) is 0 Å². The van der Waals surface area contributed by atoms with E-state index in [-0.39, 0.29) is 12.6 Å². The Morgan fingerprint density at radius 1 is 1.21 bits per heavy atom. The van der Waals surface area contributed by atoms with Gasteiger partial charge in [0.1, 0.15) is 5.69 Å². The van der Waals surface area contributed by atoms with Gasteiger partial charge in [0.2, 0.25) is 11.6 Å². The molecule has 1 aliphatic heterocycles. The van der Waals surface area contributed by atoms with Crippen molar-refractivity contribution in [2.24, 2.45) is 0 Å². The monoisotopic (exact) mass is 278 g/mol. The molecular formula is C12H14F4N2O. The van der Waals surface area contributed by atoms with Crippen molar-refractivity contribution >= 4 is 5.69 Å². The topological polar surface area (TPSA) is 25.4 Å². The fourth-order valence-corrected chi connectivity index (χ4v) is 2.27. The molecule has 0 N–H and O–H groups in total. The molecule has 2 heterocycles. The van der Waals surface area contributed by atoms with E-state index in [2.05, 4.69) is 4.98 Å². The van der Waals surface area contributed by atoms with Crippen molar-refractivity contribution in [3.63, 3.8) is 0 Å². The normalized spacial score (nSPS) is 19.8. The second kappa shape index (κ2) is 5.73. The lowest BCUT2D eigenvalue weighted by Crippen LogP contribution is -2.41. The minimum Gasteiger partial charge on any atom is -0.377 e. The fraction of sp³-hybridized carbons (Fsp3) is 0.583. The number of hydrogen-bond donors (Lipinski definition) is 0. The van der Waals surface area contributed by atoms with Crippen molar-refractivity contribution in [2.75, 3.05) is 24.6 Å². The number of aromatic nitrogens is 1. The van der Waals surface area contributed by atoms with E-state index in [4.69, 9.17) is 4.74 Å². The van der Waals surface area contributed by atoms with E-state index < -0.39 is 29.2 Å². The van der Waals surface area contributed by atoms with Crippen molar-refractivity contribution in [1.82, 2.24) is 4.98 Å². The first kappa shape index (κ1) is 14.0. The molecule has 0 radical (unpaired) electrons. The van der Waals surface area contributed by atoms with Gasteiger partial charge in [-0.05, 0) is 19.8 Å². The van der Waals surface area contributed by atoms with Crippen LogP contribution in [0.5, 0.6) is 0 Å². The van der Waals surface area contributed by atoms with E-state index in [0.29, 0.717) is 19.6 Å². The zero-order valence-corrected chi connectivity index (χ0v) is 10.4. The van der Waals surface area contributed by atoms with Gasteiger partial charge in [-0.15, -0.1) is 0 Å². The Hall–Kier alpha value is -1.37. The van der Waals surface area contributed by atoms with Gasteiger partial charge >= 0.3 is 0 Å². The lowest BCUT2D eigenvalue weighted by Gasteiger charge is -2.34. The average molecular weight is 278 g/mol. The summed E-state index contributed by atoms with van der Waals surface area (Å²) in [5, 5.41) is 0. The molecule has 106 valence electrons. The third kappa shape index (κ3) is 2.80. The number of anilines is 1. The van der Waals surface area contributed by atoms with E-state index >= 15 is 0 Å². The first-order valence-corrected chi connectivity index (χ1v) is 6.11. The van der Waals surface area contributed by atoms with Crippen molar-refractivity contribution in [3.8, 4) is 0 Å². The Labute approximate surface area is 108 Å². The van der Waals surface area contributed by atoms with Crippen LogP contribution in [-0.4, -0.2) is 30.8 Å². The van der Waals surface area contributed by atoms with Gasteiger partial charge in [-0.1, -0.05) is 0 Å². The summed E-state index contributed by atoms with van der Waals surface area (Å²) in [5.74, 6) is -6.19. The van der Waals surface area contributed by atoms with Gasteiger partial charge in [0.25, 0.3) is 11.9 Å². The molecule has 19 heavy (non-hydrogen) atoms. The highest BCUT2D eigenvalue weighted by Crippen LogP contribution is 2.29. The van der Waals surface area contributed by atoms with Crippen LogP contribution in [0.1, 0.15) is 19.8 Å². The standard InChI is InChI=1S/C12H14F4N2O/c1-2-19-7-4-3-5-18(6-7)10-8(13)11(15)17-12(16)9(10)14/h7H,2-6H2,1H3. The summed E-state index contributed by atoms with van der Waals surface area (Å²) in [6.07, 6.45) is 1.19. The molecule has 0 amide bonds. The highest BCUT2D eigenvalue weighted by Gasteiger charge is 2.29. The minimum absolute atomic E-state index is 0.197. The summed E-state index contributed by atoms with van der Waals surface area (Å²) in [5.41, 5.74) is -0.700. The zero-order chi connectivity index (χ0) is 14.0. The van der Waals surface area contributed by atoms with Crippen molar-refractivity contribution in [2.45, 2.75) is 25.9 Å². The molecule has 0 aromatic carbocycles. The summed E-state index contributed by atoms with van der Waals surface area (Å²) in [6, 6.07) is 0. The van der Waals surface area contributed by atoms with Crippen LogP contribution in [0.25, 0.3) is 0 Å². The van der Waals surface area contributed by atoms with Crippen LogP contribution < -0.4 is 4.90 Å². The highest BCUT2D eigenvalue weighted by atomic mass is 19.2. The Morgan fingerprint density at radius 3 is 2.42 bits per heavy atom. The van der Waals surface area contributed by atoms with E-state index in [0.717, 1.165) is 6.42 Å². The average Bonchev–Trinajstić information content (AvgIpc) is 2.38. The first-order chi connectivity index (χ1) is 9.04. The summed E-state index contributed by atoms with van der Waals surface area (Å²) in [7, 11) is 0. The van der Waals surface area contributed by atoms with Crippen LogP contribution in [0, 0.1) is 23.5 Å². The number of ether oxygens (including phenoxy) is 1. The Bertz CT molecular complexity index is 441. The maximum absolute atomic E-state index is 13.6. The third-order valence-electron chi connectivity index (χ3n) is 3.07. The number of hydrogen-bond acceptors (Lipinski definition) is 3. The largest absolute Gasteiger partial charge is 0.377 e. The first-order valence-electron chi connectivity index (χ1n) is 6.11. The van der Waals surface area contributed by atoms with Crippen LogP contribution in [-0.2, 0) is 4.74 Å². The van der Waals surface area contributed by atoms with Crippen LogP contribution in [0.3, 0.4) is 0 Å². The molecule has 3 nitrogen and oxygen atoms in total. The predicted octanol–water partition coefficient (Wildman–Crippen LogP) is 2.64. The second-order valence-corrected chi connectivity index (χ2v) is 4.34. The molecule has 1 atom stereocenters. The Balaban J connectivity index is 2.30. The van der Waals surface area contributed by atoms with Gasteiger partial charge in [0.15, 0.2) is 0 Å². The van der Waals surface area contributed by atoms with Crippen LogP contribution in [0.15, 0.2) is 0 Å². The molecule has 1 aliphatic rings. The van der Waals surface area contributed by atoms with Gasteiger partial charge in [-0.2, -0.15) is 22.5 Å². The molecule has 2 rings (SSSR count). The molecule has 1 fully saturated rings. The van der Waals surface area contributed by atoms with E-state index in [1.807, 2.05) is 6.92 Å². The van der Waals surface area contributed by atoms with Crippen molar-refractivity contribution in [3.05, 3.63) is 23.5 Å². The van der Waals surface area contributed by atoms with Crippen LogP contribution in [0.4, 0.5) is 23.2 Å². The Kier molecular flexibility index (Phi) is 4.24. The third-order valence-corrected chi connectivity index (χ3v) is 3.07. The molecule has 0 saturated carbocycles. The molecule has 1 aromatic heterocycles. The summed E-state index contributed by atoms with van der Waals surface area (Å²) >= 11 is 0. The Morgan fingerprint density at radius 2 is 1.84 bits per heavy atom. The van der Waals surface area contributed by atoms with E-state index in [1.54, 1.807) is 0 Å². The van der Waals surface area contributed by atoms with E-state index in [9.17, 15) is 17.6 Å². The molecule has 1 unspecified atom stereocenters. The van der Waals surface area contributed by atoms with Gasteiger partial charge in [-0.3, -0.25) is 0 Å². The van der Waals surface area contributed by atoms with E-state index in [1.165, 1.54) is 4.90 Å². The zero-order valence-electron chi connectivity index (χ0n) is 10.4. The fourth-order valence-electron chi connectivity index (χ4n) is 2.27. The number of pyridine rings is 1. The minimum atomic E-state index is -1.63. The number of nitrogens with zero attached hydrogens (tertiary/aromatic N) is 2. The van der Waals surface area contributed by atoms with Crippen molar-refractivity contribution < 1.29 is 22.3 Å². The lowest BCUT2D eigenvalue weighted by molar-refractivity contribution is 0.0523. The summed E-state index contributed by atoms with van der Waals surface area (Å²) in [4.78, 5) is 3.81. The van der Waals surface area contributed by atoms with Crippen LogP contribution in [0.2, 0.25) is 0 Å². The quantitative estimate of drug-likeness (QED) is 0.628. The predicted molar refractivity (Wildman–Crippen MR) is 60.9 cm³/mol. The molecule has 0 bridgehead atoms. The second-order valence-electron chi connectivity index (χ2n) is 4.34. The number of halogens is 4. The smallest absolute Gasteiger partial charge is 0.253 e. The molecule has 1 saturated heterocycles. The molecule has 0 aliphatic carbocycles. The highest BCUT2D eigenvalue weighted by molar-refractivity contribution is 5.49. The van der Waals surface area contributed by atoms with Crippen molar-refractivity contribution in [1.29, 1.82) is 0 Å². The molecule has 0 spiro atoms. The van der Waals surface area contributed by atoms with Gasteiger partial charge < -0.3 is 9.64 Å². The summed E-state index contributed by atoms with van der Waals surface area (Å²) in [6.45, 7) is 2.80. The maximum Gasteiger partial charge on any atom is 0.253 e. The molecule has 7 heteroatoms. The number of piperidine rings is 1. The van der Waals surface area contributed by atoms with Crippen LogP contribution >= 0.6 is 0 Å². The molecular weight excluding hydrogens is 264 g/mol.